The number of nitrogens with zero attached hydrogens (tertiary/aromatic N) is 2. The Bertz CT molecular complexity index is 649. The van der Waals surface area contributed by atoms with Crippen LogP contribution in [0.3, 0.4) is 0 Å². The predicted molar refractivity (Wildman–Crippen MR) is 85.8 cm³/mol. The average Bonchev–Trinajstić information content (AvgIpc) is 2.96. The van der Waals surface area contributed by atoms with E-state index in [1.807, 2.05) is 45.9 Å². The minimum atomic E-state index is -0.00622. The minimum Gasteiger partial charge on any atom is -0.376 e. The first-order valence-electron chi connectivity index (χ1n) is 7.46. The van der Waals surface area contributed by atoms with Crippen LogP contribution in [-0.2, 0) is 11.3 Å². The molecule has 1 aromatic carbocycles. The van der Waals surface area contributed by atoms with Crippen molar-refractivity contribution in [3.8, 4) is 0 Å². The van der Waals surface area contributed by atoms with E-state index in [4.69, 9.17) is 4.52 Å². The summed E-state index contributed by atoms with van der Waals surface area (Å²) in [7, 11) is 0. The fraction of sp³-hybridized carbons (Fsp3) is 0.438. The summed E-state index contributed by atoms with van der Waals surface area (Å²) >= 11 is 0. The number of rotatable bonds is 6. The number of carbonyl (C=O) groups is 1. The monoisotopic (exact) mass is 302 g/mol. The Kier molecular flexibility index (Phi) is 5.14. The first kappa shape index (κ1) is 16.0. The van der Waals surface area contributed by atoms with E-state index in [2.05, 4.69) is 20.8 Å². The van der Waals surface area contributed by atoms with Gasteiger partial charge >= 0.3 is 0 Å². The topological polar surface area (TPSA) is 80.0 Å². The van der Waals surface area contributed by atoms with Crippen molar-refractivity contribution in [1.29, 1.82) is 0 Å². The summed E-state index contributed by atoms with van der Waals surface area (Å²) in [5, 5.41) is 10.0. The molecule has 2 N–H and O–H groups in total. The van der Waals surface area contributed by atoms with E-state index in [9.17, 15) is 4.79 Å². The molecule has 0 aliphatic rings. The summed E-state index contributed by atoms with van der Waals surface area (Å²) in [6.07, 6.45) is 0.455. The van der Waals surface area contributed by atoms with Gasteiger partial charge in [-0.2, -0.15) is 4.98 Å². The van der Waals surface area contributed by atoms with Crippen molar-refractivity contribution < 1.29 is 9.32 Å². The first-order chi connectivity index (χ1) is 10.5. The van der Waals surface area contributed by atoms with Crippen molar-refractivity contribution in [2.24, 2.45) is 0 Å². The number of aryl methyl sites for hydroxylation is 1. The second-order valence-electron chi connectivity index (χ2n) is 5.49. The number of nitrogens with one attached hydrogen (secondary N) is 2. The minimum absolute atomic E-state index is 0.00622. The number of hydrogen-bond donors (Lipinski definition) is 2. The van der Waals surface area contributed by atoms with Gasteiger partial charge in [0.2, 0.25) is 11.8 Å². The quantitative estimate of drug-likeness (QED) is 0.854. The van der Waals surface area contributed by atoms with Crippen LogP contribution in [0.2, 0.25) is 0 Å². The van der Waals surface area contributed by atoms with E-state index < -0.39 is 0 Å². The Morgan fingerprint density at radius 1 is 1.36 bits per heavy atom. The van der Waals surface area contributed by atoms with E-state index in [1.54, 1.807) is 0 Å². The number of hydrogen-bond acceptors (Lipinski definition) is 5. The Hall–Kier alpha value is -2.37. The molecule has 0 spiro atoms. The third-order valence-electron chi connectivity index (χ3n) is 3.27. The van der Waals surface area contributed by atoms with Gasteiger partial charge in [-0.25, -0.2) is 0 Å². The van der Waals surface area contributed by atoms with E-state index in [1.165, 1.54) is 0 Å². The fourth-order valence-electron chi connectivity index (χ4n) is 1.88. The van der Waals surface area contributed by atoms with Crippen LogP contribution < -0.4 is 10.6 Å². The van der Waals surface area contributed by atoms with Crippen LogP contribution in [0, 0.1) is 6.92 Å². The molecule has 0 saturated heterocycles. The van der Waals surface area contributed by atoms with Crippen molar-refractivity contribution in [3.63, 3.8) is 0 Å². The largest absolute Gasteiger partial charge is 0.376 e. The number of carbonyl (C=O) groups excluding carboxylic acids is 1. The van der Waals surface area contributed by atoms with E-state index in [0.29, 0.717) is 24.7 Å². The number of amides is 1. The van der Waals surface area contributed by atoms with Crippen LogP contribution in [0.15, 0.2) is 22.7 Å². The first-order valence-corrected chi connectivity index (χ1v) is 7.46. The van der Waals surface area contributed by atoms with Gasteiger partial charge in [-0.1, -0.05) is 32.0 Å². The summed E-state index contributed by atoms with van der Waals surface area (Å²) in [6, 6.07) is 5.75. The molecule has 118 valence electrons. The van der Waals surface area contributed by atoms with Gasteiger partial charge in [0.15, 0.2) is 5.82 Å². The summed E-state index contributed by atoms with van der Waals surface area (Å²) in [6.45, 7) is 8.32. The van der Waals surface area contributed by atoms with Gasteiger partial charge in [0.05, 0.1) is 6.54 Å². The van der Waals surface area contributed by atoms with Gasteiger partial charge in [-0.3, -0.25) is 4.79 Å². The van der Waals surface area contributed by atoms with Gasteiger partial charge in [0.1, 0.15) is 0 Å². The fourth-order valence-corrected chi connectivity index (χ4v) is 1.88. The van der Waals surface area contributed by atoms with Crippen LogP contribution in [0.25, 0.3) is 0 Å². The Morgan fingerprint density at radius 2 is 2.14 bits per heavy atom. The lowest BCUT2D eigenvalue weighted by molar-refractivity contribution is -0.115. The highest BCUT2D eigenvalue weighted by Crippen LogP contribution is 2.21. The van der Waals surface area contributed by atoms with E-state index >= 15 is 0 Å². The number of anilines is 2. The molecule has 0 aliphatic heterocycles. The molecular formula is C16H22N4O2. The molecular weight excluding hydrogens is 280 g/mol. The molecule has 1 heterocycles. The van der Waals surface area contributed by atoms with Crippen LogP contribution in [-0.4, -0.2) is 16.0 Å². The zero-order chi connectivity index (χ0) is 16.1. The lowest BCUT2D eigenvalue weighted by atomic mass is 10.1. The molecule has 1 amide bonds. The lowest BCUT2D eigenvalue weighted by Gasteiger charge is -2.10. The van der Waals surface area contributed by atoms with E-state index in [-0.39, 0.29) is 11.8 Å². The third kappa shape index (κ3) is 4.07. The predicted octanol–water partition coefficient (Wildman–Crippen LogP) is 3.46. The normalized spacial score (nSPS) is 10.8. The summed E-state index contributed by atoms with van der Waals surface area (Å²) < 4.78 is 5.21. The molecule has 2 rings (SSSR count). The summed E-state index contributed by atoms with van der Waals surface area (Å²) in [4.78, 5) is 15.8. The van der Waals surface area contributed by atoms with Crippen molar-refractivity contribution in [2.45, 2.75) is 46.6 Å². The van der Waals surface area contributed by atoms with Gasteiger partial charge < -0.3 is 15.2 Å². The third-order valence-corrected chi connectivity index (χ3v) is 3.27. The lowest BCUT2D eigenvalue weighted by Crippen LogP contribution is -2.10. The highest BCUT2D eigenvalue weighted by Gasteiger charge is 2.10. The van der Waals surface area contributed by atoms with Gasteiger partial charge in [0.25, 0.3) is 0 Å². The van der Waals surface area contributed by atoms with Crippen molar-refractivity contribution in [1.82, 2.24) is 10.1 Å². The Balaban J connectivity index is 2.04. The number of aromatic nitrogens is 2. The highest BCUT2D eigenvalue weighted by molar-refractivity contribution is 5.91. The van der Waals surface area contributed by atoms with E-state index in [0.717, 1.165) is 16.9 Å². The molecule has 0 aliphatic carbocycles. The molecule has 0 bridgehead atoms. The molecule has 0 atom stereocenters. The van der Waals surface area contributed by atoms with Crippen LogP contribution in [0.1, 0.15) is 50.4 Å². The highest BCUT2D eigenvalue weighted by atomic mass is 16.5. The molecule has 0 fully saturated rings. The molecule has 0 radical (unpaired) electrons. The summed E-state index contributed by atoms with van der Waals surface area (Å²) in [5.74, 6) is 1.49. The zero-order valence-corrected chi connectivity index (χ0v) is 13.4. The molecule has 0 unspecified atom stereocenters. The number of benzene rings is 1. The smallest absolute Gasteiger partial charge is 0.245 e. The van der Waals surface area contributed by atoms with Crippen LogP contribution in [0.4, 0.5) is 11.4 Å². The van der Waals surface area contributed by atoms with Crippen molar-refractivity contribution in [2.75, 3.05) is 10.6 Å². The van der Waals surface area contributed by atoms with Gasteiger partial charge in [-0.15, -0.1) is 0 Å². The zero-order valence-electron chi connectivity index (χ0n) is 13.4. The maximum absolute atomic E-state index is 11.5. The van der Waals surface area contributed by atoms with Crippen LogP contribution in [0.5, 0.6) is 0 Å². The molecule has 6 heteroatoms. The van der Waals surface area contributed by atoms with Crippen molar-refractivity contribution in [3.05, 3.63) is 35.5 Å². The SMILES string of the molecule is CCC(=O)Nc1ccc(C)c(NCc2nc(C(C)C)no2)c1. The molecule has 1 aromatic heterocycles. The molecule has 2 aromatic rings. The molecule has 6 nitrogen and oxygen atoms in total. The van der Waals surface area contributed by atoms with Gasteiger partial charge in [-0.05, 0) is 24.6 Å². The maximum atomic E-state index is 11.5. The summed E-state index contributed by atoms with van der Waals surface area (Å²) in [5.41, 5.74) is 2.78. The second kappa shape index (κ2) is 7.06. The van der Waals surface area contributed by atoms with Gasteiger partial charge in [0, 0.05) is 23.7 Å². The Morgan fingerprint density at radius 3 is 2.77 bits per heavy atom. The standard InChI is InChI=1S/C16H22N4O2/c1-5-14(21)18-12-7-6-11(4)13(8-12)17-9-15-19-16(10(2)3)20-22-15/h6-8,10,17H,5,9H2,1-4H3,(H,18,21). The second-order valence-corrected chi connectivity index (χ2v) is 5.49. The Labute approximate surface area is 130 Å². The maximum Gasteiger partial charge on any atom is 0.245 e. The van der Waals surface area contributed by atoms with Crippen LogP contribution >= 0.6 is 0 Å². The average molecular weight is 302 g/mol. The molecule has 22 heavy (non-hydrogen) atoms. The van der Waals surface area contributed by atoms with Crippen molar-refractivity contribution >= 4 is 17.3 Å². The molecule has 0 saturated carbocycles.